The number of amides is 2. The summed E-state index contributed by atoms with van der Waals surface area (Å²) in [5.41, 5.74) is 1.50. The third-order valence-corrected chi connectivity index (χ3v) is 4.74. The van der Waals surface area contributed by atoms with Gasteiger partial charge in [-0.1, -0.05) is 24.3 Å². The van der Waals surface area contributed by atoms with Crippen LogP contribution in [0.4, 0.5) is 0 Å². The molecule has 0 fully saturated rings. The highest BCUT2D eigenvalue weighted by Gasteiger charge is 2.22. The van der Waals surface area contributed by atoms with Gasteiger partial charge in [-0.2, -0.15) is 0 Å². The summed E-state index contributed by atoms with van der Waals surface area (Å²) in [6.45, 7) is 1.39. The molecular formula is C23H28N2O6. The van der Waals surface area contributed by atoms with Gasteiger partial charge in [0, 0.05) is 6.92 Å². The van der Waals surface area contributed by atoms with Crippen molar-refractivity contribution < 1.29 is 28.6 Å². The smallest absolute Gasteiger partial charge is 0.307 e. The first-order chi connectivity index (χ1) is 14.9. The van der Waals surface area contributed by atoms with Gasteiger partial charge in [0.05, 0.1) is 46.3 Å². The van der Waals surface area contributed by atoms with Gasteiger partial charge in [-0.3, -0.25) is 14.4 Å². The molecule has 0 bridgehead atoms. The number of ether oxygens (including phenoxy) is 3. The van der Waals surface area contributed by atoms with E-state index in [0.717, 1.165) is 11.1 Å². The Morgan fingerprint density at radius 2 is 1.19 bits per heavy atom. The molecular weight excluding hydrogens is 400 g/mol. The van der Waals surface area contributed by atoms with E-state index in [1.807, 2.05) is 0 Å². The van der Waals surface area contributed by atoms with Crippen molar-refractivity contribution in [3.05, 3.63) is 59.7 Å². The summed E-state index contributed by atoms with van der Waals surface area (Å²) in [4.78, 5) is 36.4. The van der Waals surface area contributed by atoms with E-state index in [-0.39, 0.29) is 24.7 Å². The minimum Gasteiger partial charge on any atom is -0.497 e. The van der Waals surface area contributed by atoms with E-state index in [9.17, 15) is 14.4 Å². The minimum atomic E-state index is -0.584. The molecule has 8 nitrogen and oxygen atoms in total. The number of hydrogen-bond acceptors (Lipinski definition) is 6. The second-order valence-corrected chi connectivity index (χ2v) is 6.90. The van der Waals surface area contributed by atoms with Gasteiger partial charge in [-0.25, -0.2) is 0 Å². The summed E-state index contributed by atoms with van der Waals surface area (Å²) in [7, 11) is 4.42. The van der Waals surface area contributed by atoms with E-state index < -0.39 is 18.1 Å². The first-order valence-corrected chi connectivity index (χ1v) is 9.77. The maximum atomic E-state index is 12.8. The van der Waals surface area contributed by atoms with Gasteiger partial charge in [-0.05, 0) is 35.4 Å². The average Bonchev–Trinajstić information content (AvgIpc) is 2.77. The molecule has 0 saturated carbocycles. The Morgan fingerprint density at radius 1 is 0.742 bits per heavy atom. The second-order valence-electron chi connectivity index (χ2n) is 6.90. The summed E-state index contributed by atoms with van der Waals surface area (Å²) in [5.74, 6) is 0.313. The van der Waals surface area contributed by atoms with E-state index in [1.54, 1.807) is 62.8 Å². The number of methoxy groups -OCH3 is 3. The van der Waals surface area contributed by atoms with E-state index in [1.165, 1.54) is 14.0 Å². The zero-order valence-corrected chi connectivity index (χ0v) is 18.1. The molecule has 0 heterocycles. The highest BCUT2D eigenvalue weighted by Crippen LogP contribution is 2.24. The van der Waals surface area contributed by atoms with Crippen molar-refractivity contribution >= 4 is 17.8 Å². The number of benzene rings is 2. The van der Waals surface area contributed by atoms with Crippen LogP contribution in [0.1, 0.15) is 43.0 Å². The van der Waals surface area contributed by atoms with Crippen molar-refractivity contribution in [2.75, 3.05) is 21.3 Å². The molecule has 2 N–H and O–H groups in total. The summed E-state index contributed by atoms with van der Waals surface area (Å²) < 4.78 is 15.1. The zero-order chi connectivity index (χ0) is 22.8. The molecule has 0 aromatic heterocycles. The number of esters is 1. The quantitative estimate of drug-likeness (QED) is 0.564. The number of hydrogen-bond donors (Lipinski definition) is 2. The Labute approximate surface area is 181 Å². The van der Waals surface area contributed by atoms with Gasteiger partial charge < -0.3 is 24.8 Å². The molecule has 2 aromatic carbocycles. The highest BCUT2D eigenvalue weighted by atomic mass is 16.5. The Morgan fingerprint density at radius 3 is 1.58 bits per heavy atom. The fraction of sp³-hybridized carbons (Fsp3) is 0.348. The molecule has 2 atom stereocenters. The molecule has 0 aliphatic heterocycles. The van der Waals surface area contributed by atoms with Crippen LogP contribution in [0.15, 0.2) is 48.5 Å². The number of carbonyl (C=O) groups excluding carboxylic acids is 3. The lowest BCUT2D eigenvalue weighted by Gasteiger charge is -2.22. The molecule has 0 saturated heterocycles. The molecule has 0 spiro atoms. The Balaban J connectivity index is 2.17. The van der Waals surface area contributed by atoms with E-state index >= 15 is 0 Å². The van der Waals surface area contributed by atoms with E-state index in [2.05, 4.69) is 10.6 Å². The van der Waals surface area contributed by atoms with Crippen LogP contribution in [-0.4, -0.2) is 39.1 Å². The lowest BCUT2D eigenvalue weighted by molar-refractivity contribution is -0.141. The van der Waals surface area contributed by atoms with Crippen molar-refractivity contribution in [3.63, 3.8) is 0 Å². The lowest BCUT2D eigenvalue weighted by Crippen LogP contribution is -2.35. The topological polar surface area (TPSA) is 103 Å². The fourth-order valence-electron chi connectivity index (χ4n) is 3.11. The molecule has 31 heavy (non-hydrogen) atoms. The van der Waals surface area contributed by atoms with Crippen molar-refractivity contribution in [2.45, 2.75) is 31.8 Å². The van der Waals surface area contributed by atoms with Crippen molar-refractivity contribution in [1.82, 2.24) is 10.6 Å². The van der Waals surface area contributed by atoms with Crippen LogP contribution in [0.2, 0.25) is 0 Å². The van der Waals surface area contributed by atoms with E-state index in [4.69, 9.17) is 14.2 Å². The summed E-state index contributed by atoms with van der Waals surface area (Å²) >= 11 is 0. The molecule has 8 heteroatoms. The van der Waals surface area contributed by atoms with Crippen LogP contribution in [0.25, 0.3) is 0 Å². The molecule has 0 radical (unpaired) electrons. The van der Waals surface area contributed by atoms with Crippen LogP contribution >= 0.6 is 0 Å². The third-order valence-electron chi connectivity index (χ3n) is 4.74. The summed E-state index contributed by atoms with van der Waals surface area (Å²) in [6, 6.07) is 13.1. The third kappa shape index (κ3) is 7.33. The van der Waals surface area contributed by atoms with Crippen molar-refractivity contribution in [1.29, 1.82) is 0 Å². The fourth-order valence-corrected chi connectivity index (χ4v) is 3.11. The van der Waals surface area contributed by atoms with Gasteiger partial charge in [0.25, 0.3) is 0 Å². The minimum absolute atomic E-state index is 0.000262. The molecule has 0 aliphatic rings. The highest BCUT2D eigenvalue weighted by molar-refractivity contribution is 5.80. The average molecular weight is 428 g/mol. The van der Waals surface area contributed by atoms with Crippen LogP contribution in [0, 0.1) is 0 Å². The maximum absolute atomic E-state index is 12.8. The maximum Gasteiger partial charge on any atom is 0.307 e. The number of carbonyl (C=O) groups is 3. The molecule has 2 aromatic rings. The molecule has 0 aliphatic carbocycles. The van der Waals surface area contributed by atoms with Gasteiger partial charge in [0.1, 0.15) is 11.5 Å². The monoisotopic (exact) mass is 428 g/mol. The summed E-state index contributed by atoms with van der Waals surface area (Å²) in [6.07, 6.45) is -0.0261. The van der Waals surface area contributed by atoms with Crippen LogP contribution < -0.4 is 20.1 Å². The van der Waals surface area contributed by atoms with Gasteiger partial charge in [0.15, 0.2) is 0 Å². The Kier molecular flexibility index (Phi) is 8.87. The standard InChI is InChI=1S/C23H28N2O6/c1-15(26)24-20(16-5-9-18(29-2)10-6-16)13-22(27)25-21(14-23(28)31-4)17-7-11-19(30-3)12-8-17/h5-12,20-21H,13-14H2,1-4H3,(H,24,26)(H,25,27). The number of nitrogens with one attached hydrogen (secondary N) is 2. The van der Waals surface area contributed by atoms with Gasteiger partial charge >= 0.3 is 5.97 Å². The van der Waals surface area contributed by atoms with Gasteiger partial charge in [0.2, 0.25) is 11.8 Å². The molecule has 2 amide bonds. The molecule has 2 unspecified atom stereocenters. The predicted octanol–water partition coefficient (Wildman–Crippen LogP) is 2.69. The lowest BCUT2D eigenvalue weighted by atomic mass is 10.0. The van der Waals surface area contributed by atoms with Crippen LogP contribution in [-0.2, 0) is 19.1 Å². The number of rotatable bonds is 10. The van der Waals surface area contributed by atoms with Crippen molar-refractivity contribution in [3.8, 4) is 11.5 Å². The molecule has 166 valence electrons. The Hall–Kier alpha value is -3.55. The van der Waals surface area contributed by atoms with Gasteiger partial charge in [-0.15, -0.1) is 0 Å². The first kappa shape index (κ1) is 23.7. The normalized spacial score (nSPS) is 12.3. The SMILES string of the molecule is COC(=O)CC(NC(=O)CC(NC(C)=O)c1ccc(OC)cc1)c1ccc(OC)cc1. The van der Waals surface area contributed by atoms with E-state index in [0.29, 0.717) is 11.5 Å². The predicted molar refractivity (Wildman–Crippen MR) is 115 cm³/mol. The van der Waals surface area contributed by atoms with Crippen LogP contribution in [0.3, 0.4) is 0 Å². The first-order valence-electron chi connectivity index (χ1n) is 9.77. The van der Waals surface area contributed by atoms with Crippen molar-refractivity contribution in [2.24, 2.45) is 0 Å². The molecule has 2 rings (SSSR count). The summed E-state index contributed by atoms with van der Waals surface area (Å²) in [5, 5.41) is 5.67. The largest absolute Gasteiger partial charge is 0.497 e. The zero-order valence-electron chi connectivity index (χ0n) is 18.1. The van der Waals surface area contributed by atoms with Crippen LogP contribution in [0.5, 0.6) is 11.5 Å². The second kappa shape index (κ2) is 11.6. The Bertz CT molecular complexity index is 880.